The van der Waals surface area contributed by atoms with Gasteiger partial charge in [-0.25, -0.2) is 9.98 Å². The van der Waals surface area contributed by atoms with Gasteiger partial charge in [-0.05, 0) is 52.7 Å². The average Bonchev–Trinajstić information content (AvgIpc) is 3.15. The van der Waals surface area contributed by atoms with E-state index in [0.717, 1.165) is 40.1 Å². The van der Waals surface area contributed by atoms with Crippen LogP contribution in [0.3, 0.4) is 0 Å². The Morgan fingerprint density at radius 1 is 1.28 bits per heavy atom. The minimum Gasteiger partial charge on any atom is -0.264 e. The van der Waals surface area contributed by atoms with Gasteiger partial charge < -0.3 is 0 Å². The summed E-state index contributed by atoms with van der Waals surface area (Å²) in [6, 6.07) is 4.20. The first kappa shape index (κ1) is 17.2. The lowest BCUT2D eigenvalue weighted by Crippen LogP contribution is -2.39. The molecule has 25 heavy (non-hydrogen) atoms. The smallest absolute Gasteiger partial charge is 0.157 e. The number of rotatable bonds is 1. The second-order valence-electron chi connectivity index (χ2n) is 8.14. The van der Waals surface area contributed by atoms with Crippen molar-refractivity contribution in [3.05, 3.63) is 51.3 Å². The standard InChI is InChI=1S/C20H21BrClN3/c1-19(2,3)18-20(15-16(22)14(21)11-24-17(15)25-18)7-6-12(9-20)13-5-4-8-23-10-13/h4-5,8,10-12H,6-7,9H2,1-3H3. The number of hydrogen-bond acceptors (Lipinski definition) is 3. The molecule has 2 aliphatic rings. The molecule has 2 atom stereocenters. The predicted molar refractivity (Wildman–Crippen MR) is 106 cm³/mol. The van der Waals surface area contributed by atoms with Crippen molar-refractivity contribution in [2.75, 3.05) is 0 Å². The highest BCUT2D eigenvalue weighted by molar-refractivity contribution is 9.10. The summed E-state index contributed by atoms with van der Waals surface area (Å²) in [6.07, 6.45) is 8.76. The third-order valence-corrected chi connectivity index (χ3v) is 6.71. The predicted octanol–water partition coefficient (Wildman–Crippen LogP) is 6.23. The van der Waals surface area contributed by atoms with E-state index >= 15 is 0 Å². The highest BCUT2D eigenvalue weighted by atomic mass is 79.9. The van der Waals surface area contributed by atoms with Crippen molar-refractivity contribution < 1.29 is 0 Å². The molecule has 1 fully saturated rings. The number of halogens is 2. The SMILES string of the molecule is CC(C)(C)C1=Nc2ncc(Br)c(Cl)c2C12CCC(c1cccnc1)C2. The summed E-state index contributed by atoms with van der Waals surface area (Å²) in [4.78, 5) is 13.9. The third kappa shape index (κ3) is 2.65. The number of pyridine rings is 2. The zero-order valence-electron chi connectivity index (χ0n) is 14.7. The third-order valence-electron chi connectivity index (χ3n) is 5.48. The topological polar surface area (TPSA) is 38.1 Å². The van der Waals surface area contributed by atoms with E-state index in [1.54, 1.807) is 6.20 Å². The second-order valence-corrected chi connectivity index (χ2v) is 9.37. The Bertz CT molecular complexity index is 857. The molecule has 0 radical (unpaired) electrons. The van der Waals surface area contributed by atoms with Crippen molar-refractivity contribution in [3.8, 4) is 0 Å². The molecule has 0 N–H and O–H groups in total. The van der Waals surface area contributed by atoms with Gasteiger partial charge in [0.25, 0.3) is 0 Å². The number of nitrogens with zero attached hydrogens (tertiary/aromatic N) is 3. The summed E-state index contributed by atoms with van der Waals surface area (Å²) >= 11 is 10.3. The summed E-state index contributed by atoms with van der Waals surface area (Å²) in [5.74, 6) is 1.27. The molecule has 1 aliphatic heterocycles. The number of aliphatic imine (C=N–C) groups is 1. The van der Waals surface area contributed by atoms with Gasteiger partial charge in [-0.2, -0.15) is 0 Å². The van der Waals surface area contributed by atoms with E-state index in [-0.39, 0.29) is 10.8 Å². The minimum absolute atomic E-state index is 0.0274. The van der Waals surface area contributed by atoms with Crippen molar-refractivity contribution in [1.82, 2.24) is 9.97 Å². The maximum Gasteiger partial charge on any atom is 0.157 e. The largest absolute Gasteiger partial charge is 0.264 e. The fraction of sp³-hybridized carbons (Fsp3) is 0.450. The molecule has 130 valence electrons. The molecule has 1 saturated carbocycles. The summed E-state index contributed by atoms with van der Waals surface area (Å²) in [7, 11) is 0. The Morgan fingerprint density at radius 2 is 2.08 bits per heavy atom. The van der Waals surface area contributed by atoms with Gasteiger partial charge in [0.1, 0.15) is 0 Å². The molecule has 0 aromatic carbocycles. The van der Waals surface area contributed by atoms with Crippen LogP contribution in [0.25, 0.3) is 0 Å². The lowest BCUT2D eigenvalue weighted by Gasteiger charge is -2.35. The summed E-state index contributed by atoms with van der Waals surface area (Å²) in [5, 5.41) is 0.764. The van der Waals surface area contributed by atoms with Crippen LogP contribution in [-0.2, 0) is 5.41 Å². The van der Waals surface area contributed by atoms with E-state index in [4.69, 9.17) is 16.6 Å². The number of hydrogen-bond donors (Lipinski definition) is 0. The van der Waals surface area contributed by atoms with Crippen molar-refractivity contribution in [2.24, 2.45) is 10.4 Å². The fourth-order valence-corrected chi connectivity index (χ4v) is 5.19. The highest BCUT2D eigenvalue weighted by Crippen LogP contribution is 2.59. The van der Waals surface area contributed by atoms with Crippen LogP contribution in [0.5, 0.6) is 0 Å². The number of aromatic nitrogens is 2. The van der Waals surface area contributed by atoms with Gasteiger partial charge in [-0.3, -0.25) is 4.98 Å². The first-order valence-corrected chi connectivity index (χ1v) is 9.84. The lowest BCUT2D eigenvalue weighted by molar-refractivity contribution is 0.496. The minimum atomic E-state index is -0.123. The molecule has 4 rings (SSSR count). The second kappa shape index (κ2) is 5.88. The Hall–Kier alpha value is -1.26. The molecule has 1 aliphatic carbocycles. The first-order valence-electron chi connectivity index (χ1n) is 8.67. The summed E-state index contributed by atoms with van der Waals surface area (Å²) in [5.41, 5.74) is 3.48. The Labute approximate surface area is 162 Å². The molecule has 2 aromatic rings. The molecule has 2 aromatic heterocycles. The van der Waals surface area contributed by atoms with Crippen molar-refractivity contribution >= 4 is 39.1 Å². The molecule has 1 spiro atoms. The van der Waals surface area contributed by atoms with Crippen LogP contribution in [0.1, 0.15) is 57.1 Å². The first-order chi connectivity index (χ1) is 11.8. The van der Waals surface area contributed by atoms with E-state index in [9.17, 15) is 0 Å². The van der Waals surface area contributed by atoms with E-state index in [1.165, 1.54) is 11.3 Å². The van der Waals surface area contributed by atoms with E-state index in [0.29, 0.717) is 5.92 Å². The van der Waals surface area contributed by atoms with E-state index < -0.39 is 0 Å². The number of fused-ring (bicyclic) bond motifs is 2. The van der Waals surface area contributed by atoms with Crippen LogP contribution in [0.4, 0.5) is 5.82 Å². The Balaban J connectivity index is 1.85. The van der Waals surface area contributed by atoms with Gasteiger partial charge in [-0.15, -0.1) is 0 Å². The molecule has 0 amide bonds. The molecule has 0 bridgehead atoms. The molecule has 3 heterocycles. The summed E-state index contributed by atoms with van der Waals surface area (Å²) in [6.45, 7) is 6.71. The molecule has 2 unspecified atom stereocenters. The van der Waals surface area contributed by atoms with E-state index in [1.807, 2.05) is 18.5 Å². The van der Waals surface area contributed by atoms with Crippen LogP contribution >= 0.6 is 27.5 Å². The van der Waals surface area contributed by atoms with Crippen LogP contribution < -0.4 is 0 Å². The van der Waals surface area contributed by atoms with Crippen LogP contribution in [-0.4, -0.2) is 15.7 Å². The van der Waals surface area contributed by atoms with Crippen molar-refractivity contribution in [2.45, 2.75) is 51.4 Å². The van der Waals surface area contributed by atoms with Crippen LogP contribution in [0, 0.1) is 5.41 Å². The van der Waals surface area contributed by atoms with Crippen molar-refractivity contribution in [3.63, 3.8) is 0 Å². The zero-order valence-corrected chi connectivity index (χ0v) is 17.0. The quantitative estimate of drug-likeness (QED) is 0.550. The van der Waals surface area contributed by atoms with Gasteiger partial charge >= 0.3 is 0 Å². The van der Waals surface area contributed by atoms with Gasteiger partial charge in [0.05, 0.1) is 9.50 Å². The fourth-order valence-electron chi connectivity index (χ4n) is 4.57. The molecule has 3 nitrogen and oxygen atoms in total. The highest BCUT2D eigenvalue weighted by Gasteiger charge is 2.53. The van der Waals surface area contributed by atoms with Gasteiger partial charge in [0, 0.05) is 40.7 Å². The monoisotopic (exact) mass is 417 g/mol. The van der Waals surface area contributed by atoms with Crippen molar-refractivity contribution in [1.29, 1.82) is 0 Å². The molecule has 5 heteroatoms. The molecular weight excluding hydrogens is 398 g/mol. The maximum absolute atomic E-state index is 6.74. The Kier molecular flexibility index (Phi) is 4.04. The van der Waals surface area contributed by atoms with Crippen LogP contribution in [0.15, 0.2) is 40.2 Å². The normalized spacial score (nSPS) is 25.3. The lowest BCUT2D eigenvalue weighted by atomic mass is 9.67. The maximum atomic E-state index is 6.74. The van der Waals surface area contributed by atoms with Gasteiger partial charge in [0.15, 0.2) is 5.82 Å². The van der Waals surface area contributed by atoms with Gasteiger partial charge in [-0.1, -0.05) is 38.4 Å². The zero-order chi connectivity index (χ0) is 17.8. The average molecular weight is 419 g/mol. The van der Waals surface area contributed by atoms with Gasteiger partial charge in [0.2, 0.25) is 0 Å². The van der Waals surface area contributed by atoms with E-state index in [2.05, 4.69) is 52.7 Å². The van der Waals surface area contributed by atoms with Crippen LogP contribution in [0.2, 0.25) is 5.02 Å². The summed E-state index contributed by atoms with van der Waals surface area (Å²) < 4.78 is 0.850. The molecule has 0 saturated heterocycles. The Morgan fingerprint density at radius 3 is 2.76 bits per heavy atom. The molecular formula is C20H21BrClN3.